The van der Waals surface area contributed by atoms with E-state index in [0.29, 0.717) is 0 Å². The van der Waals surface area contributed by atoms with E-state index in [9.17, 15) is 0 Å². The fourth-order valence-corrected chi connectivity index (χ4v) is 2.28. The van der Waals surface area contributed by atoms with Gasteiger partial charge in [-0.2, -0.15) is 0 Å². The van der Waals surface area contributed by atoms with Gasteiger partial charge in [-0.1, -0.05) is 0 Å². The van der Waals surface area contributed by atoms with Crippen molar-refractivity contribution in [1.29, 1.82) is 0 Å². The van der Waals surface area contributed by atoms with Crippen LogP contribution in [0.4, 0.5) is 0 Å². The van der Waals surface area contributed by atoms with E-state index in [1.54, 1.807) is 0 Å². The van der Waals surface area contributed by atoms with Crippen LogP contribution in [-0.4, -0.2) is 4.98 Å². The van der Waals surface area contributed by atoms with Gasteiger partial charge in [0.1, 0.15) is 4.60 Å². The van der Waals surface area contributed by atoms with Crippen LogP contribution in [0.5, 0.6) is 0 Å². The minimum atomic E-state index is 0.216. The Morgan fingerprint density at radius 3 is 3.17 bits per heavy atom. The standard InChI is InChI=1S/C9H11BrN2/c10-9-7-2-1-3-8(11)6(7)4-5-12-9/h4-5,8H,1-3,11H2/t8-/m0/s1. The van der Waals surface area contributed by atoms with E-state index < -0.39 is 0 Å². The number of halogens is 1. The summed E-state index contributed by atoms with van der Waals surface area (Å²) >= 11 is 3.44. The molecule has 2 nitrogen and oxygen atoms in total. The summed E-state index contributed by atoms with van der Waals surface area (Å²) in [4.78, 5) is 4.19. The Morgan fingerprint density at radius 1 is 1.58 bits per heavy atom. The minimum Gasteiger partial charge on any atom is -0.324 e. The monoisotopic (exact) mass is 226 g/mol. The van der Waals surface area contributed by atoms with Crippen molar-refractivity contribution in [2.24, 2.45) is 5.73 Å². The van der Waals surface area contributed by atoms with E-state index in [1.165, 1.54) is 17.5 Å². The third-order valence-corrected chi connectivity index (χ3v) is 3.06. The summed E-state index contributed by atoms with van der Waals surface area (Å²) in [7, 11) is 0. The number of fused-ring (bicyclic) bond motifs is 1. The van der Waals surface area contributed by atoms with Crippen molar-refractivity contribution in [3.8, 4) is 0 Å². The lowest BCUT2D eigenvalue weighted by atomic mass is 9.90. The molecule has 12 heavy (non-hydrogen) atoms. The Hall–Kier alpha value is -0.410. The molecule has 1 atom stereocenters. The molecule has 0 saturated heterocycles. The zero-order chi connectivity index (χ0) is 8.55. The molecule has 1 aliphatic rings. The van der Waals surface area contributed by atoms with Crippen LogP contribution in [0.15, 0.2) is 16.9 Å². The first-order chi connectivity index (χ1) is 5.79. The van der Waals surface area contributed by atoms with Gasteiger partial charge in [0.15, 0.2) is 0 Å². The van der Waals surface area contributed by atoms with Crippen molar-refractivity contribution >= 4 is 15.9 Å². The molecule has 0 bridgehead atoms. The fourth-order valence-electron chi connectivity index (χ4n) is 1.73. The van der Waals surface area contributed by atoms with Crippen LogP contribution in [-0.2, 0) is 6.42 Å². The molecule has 3 heteroatoms. The van der Waals surface area contributed by atoms with Crippen LogP contribution in [0, 0.1) is 0 Å². The molecular formula is C9H11BrN2. The summed E-state index contributed by atoms with van der Waals surface area (Å²) in [5, 5.41) is 0. The van der Waals surface area contributed by atoms with E-state index in [2.05, 4.69) is 20.9 Å². The second-order valence-electron chi connectivity index (χ2n) is 3.17. The zero-order valence-corrected chi connectivity index (χ0v) is 8.34. The first-order valence-electron chi connectivity index (χ1n) is 4.18. The quantitative estimate of drug-likeness (QED) is 0.690. The maximum Gasteiger partial charge on any atom is 0.109 e. The SMILES string of the molecule is N[C@H]1CCCc2c1ccnc2Br. The number of pyridine rings is 1. The highest BCUT2D eigenvalue weighted by Crippen LogP contribution is 2.31. The molecule has 1 aromatic rings. The van der Waals surface area contributed by atoms with E-state index in [1.807, 2.05) is 12.3 Å². The first kappa shape index (κ1) is 8.20. The second-order valence-corrected chi connectivity index (χ2v) is 3.92. The van der Waals surface area contributed by atoms with Gasteiger partial charge >= 0.3 is 0 Å². The number of hydrogen-bond acceptors (Lipinski definition) is 2. The van der Waals surface area contributed by atoms with E-state index >= 15 is 0 Å². The number of rotatable bonds is 0. The van der Waals surface area contributed by atoms with Gasteiger partial charge in [0, 0.05) is 12.2 Å². The number of aromatic nitrogens is 1. The van der Waals surface area contributed by atoms with Crippen LogP contribution in [0.3, 0.4) is 0 Å². The Labute approximate surface area is 80.3 Å². The average Bonchev–Trinajstić information content (AvgIpc) is 2.07. The maximum absolute atomic E-state index is 5.97. The largest absolute Gasteiger partial charge is 0.324 e. The van der Waals surface area contributed by atoms with E-state index in [-0.39, 0.29) is 6.04 Å². The van der Waals surface area contributed by atoms with Crippen LogP contribution in [0.25, 0.3) is 0 Å². The number of nitrogens with zero attached hydrogens (tertiary/aromatic N) is 1. The van der Waals surface area contributed by atoms with Crippen molar-refractivity contribution in [1.82, 2.24) is 4.98 Å². The minimum absolute atomic E-state index is 0.216. The summed E-state index contributed by atoms with van der Waals surface area (Å²) in [5.74, 6) is 0. The highest BCUT2D eigenvalue weighted by Gasteiger charge is 2.18. The fraction of sp³-hybridized carbons (Fsp3) is 0.444. The first-order valence-corrected chi connectivity index (χ1v) is 4.97. The van der Waals surface area contributed by atoms with Crippen LogP contribution >= 0.6 is 15.9 Å². The molecule has 2 N–H and O–H groups in total. The smallest absolute Gasteiger partial charge is 0.109 e. The Balaban J connectivity index is 2.52. The molecule has 2 rings (SSSR count). The maximum atomic E-state index is 5.97. The summed E-state index contributed by atoms with van der Waals surface area (Å²) in [5.41, 5.74) is 8.54. The molecule has 1 heterocycles. The molecule has 0 saturated carbocycles. The Bertz CT molecular complexity index is 299. The van der Waals surface area contributed by atoms with Crippen LogP contribution < -0.4 is 5.73 Å². The van der Waals surface area contributed by atoms with Gasteiger partial charge in [0.2, 0.25) is 0 Å². The molecular weight excluding hydrogens is 216 g/mol. The summed E-state index contributed by atoms with van der Waals surface area (Å²) in [6.45, 7) is 0. The Kier molecular flexibility index (Phi) is 2.15. The average molecular weight is 227 g/mol. The lowest BCUT2D eigenvalue weighted by molar-refractivity contribution is 0.566. The lowest BCUT2D eigenvalue weighted by Crippen LogP contribution is -2.17. The zero-order valence-electron chi connectivity index (χ0n) is 6.76. The second kappa shape index (κ2) is 3.15. The number of hydrogen-bond donors (Lipinski definition) is 1. The van der Waals surface area contributed by atoms with Gasteiger partial charge in [-0.25, -0.2) is 4.98 Å². The third kappa shape index (κ3) is 1.27. The van der Waals surface area contributed by atoms with E-state index in [4.69, 9.17) is 5.73 Å². The Morgan fingerprint density at radius 2 is 2.42 bits per heavy atom. The summed E-state index contributed by atoms with van der Waals surface area (Å²) in [6.07, 6.45) is 5.20. The van der Waals surface area contributed by atoms with Crippen LogP contribution in [0.1, 0.15) is 30.0 Å². The highest BCUT2D eigenvalue weighted by atomic mass is 79.9. The molecule has 0 aliphatic heterocycles. The van der Waals surface area contributed by atoms with Gasteiger partial charge in [-0.3, -0.25) is 0 Å². The highest BCUT2D eigenvalue weighted by molar-refractivity contribution is 9.10. The third-order valence-electron chi connectivity index (χ3n) is 2.38. The number of nitrogens with two attached hydrogens (primary N) is 1. The van der Waals surface area contributed by atoms with Gasteiger partial charge in [-0.05, 0) is 52.4 Å². The topological polar surface area (TPSA) is 38.9 Å². The predicted molar refractivity (Wildman–Crippen MR) is 51.8 cm³/mol. The van der Waals surface area contributed by atoms with Crippen molar-refractivity contribution in [3.05, 3.63) is 28.0 Å². The normalized spacial score (nSPS) is 22.0. The van der Waals surface area contributed by atoms with Gasteiger partial charge in [-0.15, -0.1) is 0 Å². The van der Waals surface area contributed by atoms with Gasteiger partial charge in [0.25, 0.3) is 0 Å². The molecule has 1 aliphatic carbocycles. The van der Waals surface area contributed by atoms with Crippen LogP contribution in [0.2, 0.25) is 0 Å². The van der Waals surface area contributed by atoms with Crippen molar-refractivity contribution in [3.63, 3.8) is 0 Å². The lowest BCUT2D eigenvalue weighted by Gasteiger charge is -2.22. The molecule has 0 fully saturated rings. The summed E-state index contributed by atoms with van der Waals surface area (Å²) in [6, 6.07) is 2.25. The van der Waals surface area contributed by atoms with Gasteiger partial charge in [0.05, 0.1) is 0 Å². The molecule has 0 radical (unpaired) electrons. The van der Waals surface area contributed by atoms with Crippen molar-refractivity contribution < 1.29 is 0 Å². The molecule has 0 spiro atoms. The molecule has 1 aromatic heterocycles. The van der Waals surface area contributed by atoms with Crippen molar-refractivity contribution in [2.75, 3.05) is 0 Å². The van der Waals surface area contributed by atoms with E-state index in [0.717, 1.165) is 17.4 Å². The predicted octanol–water partition coefficient (Wildman–Crippen LogP) is 2.18. The molecule has 64 valence electrons. The molecule has 0 aromatic carbocycles. The summed E-state index contributed by atoms with van der Waals surface area (Å²) < 4.78 is 0.968. The molecule has 0 amide bonds. The molecule has 0 unspecified atom stereocenters. The van der Waals surface area contributed by atoms with Gasteiger partial charge < -0.3 is 5.73 Å². The van der Waals surface area contributed by atoms with Crippen molar-refractivity contribution in [2.45, 2.75) is 25.3 Å².